The van der Waals surface area contributed by atoms with Crippen LogP contribution in [0.3, 0.4) is 0 Å². The number of hydrogen-bond donors (Lipinski definition) is 1. The van der Waals surface area contributed by atoms with Crippen molar-refractivity contribution in [2.45, 2.75) is 33.6 Å². The first-order chi connectivity index (χ1) is 5.65. The third-order valence-electron chi connectivity index (χ3n) is 2.17. The lowest BCUT2D eigenvalue weighted by Crippen LogP contribution is -1.89. The molecule has 0 spiro atoms. The van der Waals surface area contributed by atoms with Crippen molar-refractivity contribution in [3.63, 3.8) is 0 Å². The fourth-order valence-corrected chi connectivity index (χ4v) is 1.42. The molecular formula is C11H16O. The molecule has 0 radical (unpaired) electrons. The topological polar surface area (TPSA) is 20.2 Å². The van der Waals surface area contributed by atoms with Crippen LogP contribution in [0.2, 0.25) is 0 Å². The summed E-state index contributed by atoms with van der Waals surface area (Å²) in [5.74, 6) is 0.420. The van der Waals surface area contributed by atoms with Gasteiger partial charge < -0.3 is 5.11 Å². The molecule has 0 saturated carbocycles. The smallest absolute Gasteiger partial charge is 0.118 e. The fraction of sp³-hybridized carbons (Fsp3) is 0.455. The molecule has 0 aliphatic carbocycles. The molecule has 0 amide bonds. The molecule has 1 heteroatoms. The van der Waals surface area contributed by atoms with E-state index in [1.807, 2.05) is 19.1 Å². The maximum Gasteiger partial charge on any atom is 0.118 e. The van der Waals surface area contributed by atoms with E-state index in [1.165, 1.54) is 11.1 Å². The second kappa shape index (κ2) is 3.61. The molecule has 1 aromatic carbocycles. The average molecular weight is 164 g/mol. The summed E-state index contributed by atoms with van der Waals surface area (Å²) in [7, 11) is 0. The van der Waals surface area contributed by atoms with Gasteiger partial charge in [0.25, 0.3) is 0 Å². The summed E-state index contributed by atoms with van der Waals surface area (Å²) in [6, 6.07) is 3.93. The summed E-state index contributed by atoms with van der Waals surface area (Å²) in [5, 5.41) is 9.45. The van der Waals surface area contributed by atoms with E-state index in [-0.39, 0.29) is 0 Å². The maximum absolute atomic E-state index is 9.45. The van der Waals surface area contributed by atoms with Crippen LogP contribution in [-0.4, -0.2) is 5.11 Å². The lowest BCUT2D eigenvalue weighted by molar-refractivity contribution is 0.470. The highest BCUT2D eigenvalue weighted by Gasteiger charge is 2.01. The zero-order chi connectivity index (χ0) is 9.14. The lowest BCUT2D eigenvalue weighted by atomic mass is 10.0. The third-order valence-corrected chi connectivity index (χ3v) is 2.17. The minimum absolute atomic E-state index is 0.420. The van der Waals surface area contributed by atoms with Gasteiger partial charge in [0, 0.05) is 0 Å². The summed E-state index contributed by atoms with van der Waals surface area (Å²) in [6.07, 6.45) is 2.18. The van der Waals surface area contributed by atoms with Crippen molar-refractivity contribution in [2.75, 3.05) is 0 Å². The molecule has 0 unspecified atom stereocenters. The van der Waals surface area contributed by atoms with E-state index in [4.69, 9.17) is 0 Å². The molecule has 0 bridgehead atoms. The van der Waals surface area contributed by atoms with Crippen molar-refractivity contribution in [3.05, 3.63) is 28.8 Å². The van der Waals surface area contributed by atoms with Crippen LogP contribution in [0, 0.1) is 13.8 Å². The lowest BCUT2D eigenvalue weighted by Gasteiger charge is -2.07. The van der Waals surface area contributed by atoms with Crippen LogP contribution in [0.4, 0.5) is 0 Å². The molecule has 0 saturated heterocycles. The molecule has 0 aliphatic heterocycles. The van der Waals surface area contributed by atoms with Crippen LogP contribution >= 0.6 is 0 Å². The first kappa shape index (κ1) is 9.11. The Hall–Kier alpha value is -0.980. The van der Waals surface area contributed by atoms with Gasteiger partial charge in [-0.1, -0.05) is 19.4 Å². The fourth-order valence-electron chi connectivity index (χ4n) is 1.42. The van der Waals surface area contributed by atoms with E-state index in [9.17, 15) is 5.11 Å². The number of phenols is 1. The number of phenolic OH excluding ortho intramolecular Hbond substituents is 1. The summed E-state index contributed by atoms with van der Waals surface area (Å²) in [5.41, 5.74) is 3.51. The molecule has 66 valence electrons. The minimum Gasteiger partial charge on any atom is -0.508 e. The maximum atomic E-state index is 9.45. The molecule has 1 nitrogen and oxygen atoms in total. The molecule has 0 atom stereocenters. The van der Waals surface area contributed by atoms with Crippen molar-refractivity contribution in [1.82, 2.24) is 0 Å². The highest BCUT2D eigenvalue weighted by Crippen LogP contribution is 2.22. The summed E-state index contributed by atoms with van der Waals surface area (Å²) < 4.78 is 0. The normalized spacial score (nSPS) is 10.2. The third kappa shape index (κ3) is 1.79. The molecule has 0 aromatic heterocycles. The van der Waals surface area contributed by atoms with Crippen LogP contribution in [0.1, 0.15) is 30.0 Å². The van der Waals surface area contributed by atoms with Crippen LogP contribution in [0.25, 0.3) is 0 Å². The van der Waals surface area contributed by atoms with Crippen LogP contribution in [0.15, 0.2) is 12.1 Å². The van der Waals surface area contributed by atoms with Crippen molar-refractivity contribution in [2.24, 2.45) is 0 Å². The van der Waals surface area contributed by atoms with Gasteiger partial charge in [-0.05, 0) is 43.0 Å². The quantitative estimate of drug-likeness (QED) is 0.712. The minimum atomic E-state index is 0.420. The first-order valence-electron chi connectivity index (χ1n) is 4.44. The average Bonchev–Trinajstić information content (AvgIpc) is 2.01. The van der Waals surface area contributed by atoms with Crippen molar-refractivity contribution < 1.29 is 5.11 Å². The molecule has 1 aromatic rings. The zero-order valence-electron chi connectivity index (χ0n) is 8.02. The number of aromatic hydroxyl groups is 1. The van der Waals surface area contributed by atoms with E-state index in [2.05, 4.69) is 13.8 Å². The van der Waals surface area contributed by atoms with E-state index in [1.54, 1.807) is 0 Å². The van der Waals surface area contributed by atoms with Gasteiger partial charge in [0.05, 0.1) is 0 Å². The summed E-state index contributed by atoms with van der Waals surface area (Å²) in [4.78, 5) is 0. The van der Waals surface area contributed by atoms with Crippen LogP contribution in [0.5, 0.6) is 5.75 Å². The van der Waals surface area contributed by atoms with Gasteiger partial charge >= 0.3 is 0 Å². The Morgan fingerprint density at radius 3 is 2.42 bits per heavy atom. The molecule has 1 N–H and O–H groups in total. The zero-order valence-corrected chi connectivity index (χ0v) is 8.02. The number of aryl methyl sites for hydroxylation is 3. The Morgan fingerprint density at radius 2 is 1.83 bits per heavy atom. The first-order valence-corrected chi connectivity index (χ1v) is 4.44. The highest BCUT2D eigenvalue weighted by atomic mass is 16.3. The van der Waals surface area contributed by atoms with Gasteiger partial charge in [0.15, 0.2) is 0 Å². The van der Waals surface area contributed by atoms with Gasteiger partial charge in [-0.3, -0.25) is 0 Å². The number of benzene rings is 1. The SMILES string of the molecule is CCCc1cc(O)c(C)cc1C. The van der Waals surface area contributed by atoms with Crippen molar-refractivity contribution in [1.29, 1.82) is 0 Å². The Kier molecular flexibility index (Phi) is 2.74. The van der Waals surface area contributed by atoms with E-state index in [0.717, 1.165) is 18.4 Å². The van der Waals surface area contributed by atoms with Gasteiger partial charge in [-0.15, -0.1) is 0 Å². The Labute approximate surface area is 74.1 Å². The van der Waals surface area contributed by atoms with Gasteiger partial charge in [0.2, 0.25) is 0 Å². The molecule has 12 heavy (non-hydrogen) atoms. The molecule has 1 rings (SSSR count). The summed E-state index contributed by atoms with van der Waals surface area (Å²) in [6.45, 7) is 6.17. The van der Waals surface area contributed by atoms with E-state index < -0.39 is 0 Å². The molecule has 0 fully saturated rings. The Bertz CT molecular complexity index is 277. The second-order valence-electron chi connectivity index (χ2n) is 3.32. The number of rotatable bonds is 2. The largest absolute Gasteiger partial charge is 0.508 e. The predicted molar refractivity (Wildman–Crippen MR) is 51.6 cm³/mol. The van der Waals surface area contributed by atoms with E-state index in [0.29, 0.717) is 5.75 Å². The Balaban J connectivity index is 3.05. The van der Waals surface area contributed by atoms with Gasteiger partial charge in [-0.25, -0.2) is 0 Å². The highest BCUT2D eigenvalue weighted by molar-refractivity contribution is 5.40. The Morgan fingerprint density at radius 1 is 1.17 bits per heavy atom. The van der Waals surface area contributed by atoms with Gasteiger partial charge in [-0.2, -0.15) is 0 Å². The molecule has 0 heterocycles. The second-order valence-corrected chi connectivity index (χ2v) is 3.32. The molecule has 0 aliphatic rings. The van der Waals surface area contributed by atoms with Crippen molar-refractivity contribution in [3.8, 4) is 5.75 Å². The monoisotopic (exact) mass is 164 g/mol. The van der Waals surface area contributed by atoms with Gasteiger partial charge in [0.1, 0.15) is 5.75 Å². The summed E-state index contributed by atoms with van der Waals surface area (Å²) >= 11 is 0. The van der Waals surface area contributed by atoms with Crippen LogP contribution < -0.4 is 0 Å². The predicted octanol–water partition coefficient (Wildman–Crippen LogP) is 2.96. The van der Waals surface area contributed by atoms with Crippen LogP contribution in [-0.2, 0) is 6.42 Å². The van der Waals surface area contributed by atoms with Crippen molar-refractivity contribution >= 4 is 0 Å². The van der Waals surface area contributed by atoms with E-state index >= 15 is 0 Å². The molecular weight excluding hydrogens is 148 g/mol. The standard InChI is InChI=1S/C11H16O/c1-4-5-10-7-11(12)9(3)6-8(10)2/h6-7,12H,4-5H2,1-3H3. The number of hydrogen-bond acceptors (Lipinski definition) is 1.